The number of esters is 1. The van der Waals surface area contributed by atoms with Crippen molar-refractivity contribution in [3.8, 4) is 0 Å². The predicted molar refractivity (Wildman–Crippen MR) is 102 cm³/mol. The molecule has 0 aliphatic rings. The molecule has 2 rings (SSSR count). The van der Waals surface area contributed by atoms with Crippen molar-refractivity contribution < 1.29 is 22.3 Å². The van der Waals surface area contributed by atoms with Crippen molar-refractivity contribution in [2.75, 3.05) is 13.1 Å². The molecule has 0 aliphatic heterocycles. The molecule has 0 aliphatic carbocycles. The van der Waals surface area contributed by atoms with E-state index in [4.69, 9.17) is 27.9 Å². The van der Waals surface area contributed by atoms with Crippen molar-refractivity contribution in [3.63, 3.8) is 0 Å². The third-order valence-corrected chi connectivity index (χ3v) is 6.52. The fourth-order valence-corrected chi connectivity index (χ4v) is 4.41. The maximum Gasteiger partial charge on any atom is 0.338 e. The van der Waals surface area contributed by atoms with Gasteiger partial charge in [-0.15, -0.1) is 0 Å². The number of hydrogen-bond donors (Lipinski definition) is 0. The van der Waals surface area contributed by atoms with Crippen molar-refractivity contribution >= 4 is 39.2 Å². The van der Waals surface area contributed by atoms with Gasteiger partial charge in [0.05, 0.1) is 5.56 Å². The van der Waals surface area contributed by atoms with Crippen molar-refractivity contribution in [3.05, 3.63) is 63.4 Å². The molecule has 0 aromatic heterocycles. The molecule has 0 radical (unpaired) electrons. The normalized spacial score (nSPS) is 11.6. The highest BCUT2D eigenvalue weighted by molar-refractivity contribution is 7.89. The number of rotatable bonds is 7. The average Bonchev–Trinajstić information content (AvgIpc) is 2.61. The first-order valence-corrected chi connectivity index (χ1v) is 10.3. The van der Waals surface area contributed by atoms with Crippen LogP contribution in [-0.2, 0) is 21.4 Å². The lowest BCUT2D eigenvalue weighted by atomic mass is 10.2. The van der Waals surface area contributed by atoms with E-state index in [0.717, 1.165) is 16.4 Å². The lowest BCUT2D eigenvalue weighted by Gasteiger charge is -2.19. The molecule has 0 unspecified atom stereocenters. The van der Waals surface area contributed by atoms with Gasteiger partial charge in [0.15, 0.2) is 0 Å². The van der Waals surface area contributed by atoms with E-state index in [1.54, 1.807) is 26.0 Å². The molecule has 0 heterocycles. The van der Waals surface area contributed by atoms with Gasteiger partial charge in [-0.25, -0.2) is 17.6 Å². The average molecular weight is 434 g/mol. The summed E-state index contributed by atoms with van der Waals surface area (Å²) in [6.07, 6.45) is 0. The Morgan fingerprint density at radius 1 is 1.11 bits per heavy atom. The second kappa shape index (κ2) is 9.01. The Bertz CT molecular complexity index is 946. The molecule has 0 bridgehead atoms. The fourth-order valence-electron chi connectivity index (χ4n) is 2.40. The zero-order valence-electron chi connectivity index (χ0n) is 14.7. The van der Waals surface area contributed by atoms with E-state index < -0.39 is 26.7 Å². The number of halogens is 3. The van der Waals surface area contributed by atoms with Crippen LogP contribution >= 0.6 is 23.2 Å². The smallest absolute Gasteiger partial charge is 0.338 e. The van der Waals surface area contributed by atoms with Gasteiger partial charge in [0.2, 0.25) is 10.0 Å². The van der Waals surface area contributed by atoms with Crippen LogP contribution in [0.1, 0.15) is 29.8 Å². The minimum absolute atomic E-state index is 0.0767. The molecule has 5 nitrogen and oxygen atoms in total. The van der Waals surface area contributed by atoms with Crippen LogP contribution in [0.5, 0.6) is 0 Å². The largest absolute Gasteiger partial charge is 0.457 e. The number of carbonyl (C=O) groups excluding carboxylic acids is 1. The Morgan fingerprint density at radius 2 is 1.78 bits per heavy atom. The maximum absolute atomic E-state index is 14.1. The minimum atomic E-state index is -4.05. The molecular formula is C18H18Cl2FNO4S. The summed E-state index contributed by atoms with van der Waals surface area (Å²) in [5.74, 6) is -1.73. The first-order chi connectivity index (χ1) is 12.7. The Labute approximate surface area is 167 Å². The third-order valence-electron chi connectivity index (χ3n) is 3.86. The van der Waals surface area contributed by atoms with Crippen LogP contribution < -0.4 is 0 Å². The molecule has 0 N–H and O–H groups in total. The fraction of sp³-hybridized carbons (Fsp3) is 0.278. The number of benzene rings is 2. The van der Waals surface area contributed by atoms with Gasteiger partial charge in [0.25, 0.3) is 0 Å². The monoisotopic (exact) mass is 433 g/mol. The molecule has 0 saturated heterocycles. The summed E-state index contributed by atoms with van der Waals surface area (Å²) in [4.78, 5) is 11.7. The molecule has 146 valence electrons. The molecule has 0 spiro atoms. The lowest BCUT2D eigenvalue weighted by Crippen LogP contribution is -2.31. The van der Waals surface area contributed by atoms with Crippen molar-refractivity contribution in [2.45, 2.75) is 25.3 Å². The van der Waals surface area contributed by atoms with Gasteiger partial charge in [-0.1, -0.05) is 43.1 Å². The van der Waals surface area contributed by atoms with Crippen LogP contribution in [0.15, 0.2) is 41.3 Å². The predicted octanol–water partition coefficient (Wildman–Crippen LogP) is 4.52. The van der Waals surface area contributed by atoms with E-state index in [-0.39, 0.29) is 25.3 Å². The lowest BCUT2D eigenvalue weighted by molar-refractivity contribution is 0.0472. The van der Waals surface area contributed by atoms with Crippen molar-refractivity contribution in [2.24, 2.45) is 0 Å². The summed E-state index contributed by atoms with van der Waals surface area (Å²) < 4.78 is 45.5. The zero-order valence-corrected chi connectivity index (χ0v) is 17.0. The van der Waals surface area contributed by atoms with Crippen LogP contribution in [-0.4, -0.2) is 31.8 Å². The van der Waals surface area contributed by atoms with E-state index in [0.29, 0.717) is 15.6 Å². The van der Waals surface area contributed by atoms with Crippen molar-refractivity contribution in [1.82, 2.24) is 4.31 Å². The molecule has 9 heteroatoms. The molecule has 0 saturated carbocycles. The van der Waals surface area contributed by atoms with Gasteiger partial charge in [0, 0.05) is 28.7 Å². The molecule has 0 amide bonds. The molecule has 0 atom stereocenters. The van der Waals surface area contributed by atoms with E-state index >= 15 is 0 Å². The Morgan fingerprint density at radius 3 is 2.37 bits per heavy atom. The molecule has 2 aromatic rings. The SMILES string of the molecule is CCN(CC)S(=O)(=O)c1cc(C(=O)OCc2ccc(Cl)cc2Cl)ccc1F. The van der Waals surface area contributed by atoms with E-state index in [1.807, 2.05) is 0 Å². The van der Waals surface area contributed by atoms with Crippen LogP contribution in [0.3, 0.4) is 0 Å². The van der Waals surface area contributed by atoms with E-state index in [9.17, 15) is 17.6 Å². The van der Waals surface area contributed by atoms with Gasteiger partial charge in [-0.05, 0) is 30.3 Å². The molecule has 27 heavy (non-hydrogen) atoms. The quantitative estimate of drug-likeness (QED) is 0.602. The maximum atomic E-state index is 14.1. The van der Waals surface area contributed by atoms with Gasteiger partial charge in [-0.3, -0.25) is 0 Å². The summed E-state index contributed by atoms with van der Waals surface area (Å²) >= 11 is 11.8. The third kappa shape index (κ3) is 4.99. The minimum Gasteiger partial charge on any atom is -0.457 e. The van der Waals surface area contributed by atoms with Gasteiger partial charge >= 0.3 is 5.97 Å². The Hall–Kier alpha value is -1.67. The van der Waals surface area contributed by atoms with Crippen LogP contribution in [0, 0.1) is 5.82 Å². The van der Waals surface area contributed by atoms with Gasteiger partial charge in [-0.2, -0.15) is 4.31 Å². The number of ether oxygens (including phenoxy) is 1. The van der Waals surface area contributed by atoms with Crippen LogP contribution in [0.2, 0.25) is 10.0 Å². The zero-order chi connectivity index (χ0) is 20.2. The van der Waals surface area contributed by atoms with Crippen LogP contribution in [0.25, 0.3) is 0 Å². The number of nitrogens with zero attached hydrogens (tertiary/aromatic N) is 1. The van der Waals surface area contributed by atoms with Crippen LogP contribution in [0.4, 0.5) is 4.39 Å². The highest BCUT2D eigenvalue weighted by atomic mass is 35.5. The first kappa shape index (κ1) is 21.6. The Kier molecular flexibility index (Phi) is 7.22. The second-order valence-corrected chi connectivity index (χ2v) is 8.30. The van der Waals surface area contributed by atoms with Gasteiger partial charge < -0.3 is 4.74 Å². The summed E-state index contributed by atoms with van der Waals surface area (Å²) in [7, 11) is -4.05. The van der Waals surface area contributed by atoms with Gasteiger partial charge in [0.1, 0.15) is 17.3 Å². The topological polar surface area (TPSA) is 63.7 Å². The Balaban J connectivity index is 2.25. The number of carbonyl (C=O) groups is 1. The van der Waals surface area contributed by atoms with E-state index in [2.05, 4.69) is 0 Å². The first-order valence-electron chi connectivity index (χ1n) is 8.11. The highest BCUT2D eigenvalue weighted by Crippen LogP contribution is 2.23. The number of hydrogen-bond acceptors (Lipinski definition) is 4. The standard InChI is InChI=1S/C18H18Cl2FNO4S/c1-3-22(4-2)27(24,25)17-9-12(6-8-16(17)21)18(23)26-11-13-5-7-14(19)10-15(13)20/h5-10H,3-4,11H2,1-2H3. The molecule has 2 aromatic carbocycles. The second-order valence-electron chi connectivity index (χ2n) is 5.55. The summed E-state index contributed by atoms with van der Waals surface area (Å²) in [6.45, 7) is 3.52. The van der Waals surface area contributed by atoms with E-state index in [1.165, 1.54) is 12.1 Å². The number of sulfonamides is 1. The molecular weight excluding hydrogens is 416 g/mol. The highest BCUT2D eigenvalue weighted by Gasteiger charge is 2.26. The summed E-state index contributed by atoms with van der Waals surface area (Å²) in [5, 5.41) is 0.777. The summed E-state index contributed by atoms with van der Waals surface area (Å²) in [5.41, 5.74) is 0.458. The summed E-state index contributed by atoms with van der Waals surface area (Å²) in [6, 6.07) is 7.81. The van der Waals surface area contributed by atoms with Crippen molar-refractivity contribution in [1.29, 1.82) is 0 Å². The molecule has 0 fully saturated rings.